The van der Waals surface area contributed by atoms with E-state index in [1.54, 1.807) is 0 Å². The molecule has 1 aliphatic rings. The highest BCUT2D eigenvalue weighted by molar-refractivity contribution is 5.75. The zero-order valence-electron chi connectivity index (χ0n) is 8.53. The van der Waals surface area contributed by atoms with Crippen molar-refractivity contribution in [3.63, 3.8) is 0 Å². The average molecular weight is 184 g/mol. The van der Waals surface area contributed by atoms with E-state index < -0.39 is 0 Å². The van der Waals surface area contributed by atoms with Crippen molar-refractivity contribution in [2.75, 3.05) is 19.6 Å². The fourth-order valence-corrected chi connectivity index (χ4v) is 1.80. The van der Waals surface area contributed by atoms with Gasteiger partial charge in [-0.25, -0.2) is 0 Å². The third kappa shape index (κ3) is 2.88. The molecule has 0 amide bonds. The molecule has 0 saturated carbocycles. The number of aliphatic imine (C=N–C) groups is 1. The minimum Gasteiger partial charge on any atom is -0.370 e. The number of nitrogens with two attached hydrogens (primary N) is 2. The molecule has 0 aliphatic carbocycles. The summed E-state index contributed by atoms with van der Waals surface area (Å²) in [6, 6.07) is 0.675. The Morgan fingerprint density at radius 2 is 2.15 bits per heavy atom. The molecule has 0 aromatic heterocycles. The van der Waals surface area contributed by atoms with E-state index in [9.17, 15) is 0 Å². The van der Waals surface area contributed by atoms with Crippen LogP contribution >= 0.6 is 0 Å². The first-order valence-corrected chi connectivity index (χ1v) is 4.90. The van der Waals surface area contributed by atoms with Crippen LogP contribution in [0, 0.1) is 5.92 Å². The van der Waals surface area contributed by atoms with Gasteiger partial charge < -0.3 is 11.5 Å². The monoisotopic (exact) mass is 184 g/mol. The van der Waals surface area contributed by atoms with Crippen molar-refractivity contribution in [3.05, 3.63) is 0 Å². The van der Waals surface area contributed by atoms with Gasteiger partial charge in [0.2, 0.25) is 0 Å². The predicted octanol–water partition coefficient (Wildman–Crippen LogP) is -0.00990. The fourth-order valence-electron chi connectivity index (χ4n) is 1.80. The van der Waals surface area contributed by atoms with Crippen LogP contribution in [0.5, 0.6) is 0 Å². The second-order valence-electron chi connectivity index (χ2n) is 3.85. The zero-order valence-corrected chi connectivity index (χ0v) is 8.53. The molecule has 2 unspecified atom stereocenters. The van der Waals surface area contributed by atoms with Crippen LogP contribution in [0.4, 0.5) is 0 Å². The fraction of sp³-hybridized carbons (Fsp3) is 0.889. The molecular formula is C9H20N4. The van der Waals surface area contributed by atoms with Gasteiger partial charge in [-0.05, 0) is 25.8 Å². The van der Waals surface area contributed by atoms with E-state index in [2.05, 4.69) is 23.7 Å². The van der Waals surface area contributed by atoms with Crippen molar-refractivity contribution in [2.45, 2.75) is 26.3 Å². The van der Waals surface area contributed by atoms with Crippen LogP contribution in [-0.2, 0) is 0 Å². The molecule has 0 spiro atoms. The van der Waals surface area contributed by atoms with E-state index in [1.807, 2.05) is 0 Å². The van der Waals surface area contributed by atoms with E-state index in [0.29, 0.717) is 6.04 Å². The van der Waals surface area contributed by atoms with Crippen molar-refractivity contribution in [1.29, 1.82) is 0 Å². The Bertz CT molecular complexity index is 186. The van der Waals surface area contributed by atoms with Crippen LogP contribution in [0.25, 0.3) is 0 Å². The van der Waals surface area contributed by atoms with E-state index in [-0.39, 0.29) is 5.96 Å². The molecule has 76 valence electrons. The van der Waals surface area contributed by atoms with Crippen molar-refractivity contribution in [1.82, 2.24) is 4.90 Å². The third-order valence-electron chi connectivity index (χ3n) is 2.95. The highest BCUT2D eigenvalue weighted by atomic mass is 15.2. The van der Waals surface area contributed by atoms with Gasteiger partial charge in [-0.3, -0.25) is 9.89 Å². The number of guanidine groups is 1. The first-order valence-electron chi connectivity index (χ1n) is 4.90. The first kappa shape index (κ1) is 10.3. The van der Waals surface area contributed by atoms with Gasteiger partial charge >= 0.3 is 0 Å². The molecule has 4 nitrogen and oxygen atoms in total. The largest absolute Gasteiger partial charge is 0.370 e. The standard InChI is InChI=1S/C9H20N4/c1-7-3-5-13(8(7)2)6-4-12-9(10)11/h7-8H,3-6H2,1-2H3,(H4,10,11,12). The van der Waals surface area contributed by atoms with Gasteiger partial charge in [0, 0.05) is 12.6 Å². The Morgan fingerprint density at radius 1 is 1.46 bits per heavy atom. The Morgan fingerprint density at radius 3 is 2.62 bits per heavy atom. The van der Waals surface area contributed by atoms with Crippen molar-refractivity contribution < 1.29 is 0 Å². The lowest BCUT2D eigenvalue weighted by Crippen LogP contribution is -2.32. The van der Waals surface area contributed by atoms with Crippen molar-refractivity contribution in [3.8, 4) is 0 Å². The maximum absolute atomic E-state index is 5.25. The minimum absolute atomic E-state index is 0.194. The SMILES string of the molecule is CC1CCN(CCN=C(N)N)C1C. The molecule has 0 aromatic rings. The smallest absolute Gasteiger partial charge is 0.185 e. The highest BCUT2D eigenvalue weighted by Crippen LogP contribution is 2.22. The molecule has 0 aromatic carbocycles. The lowest BCUT2D eigenvalue weighted by atomic mass is 10.1. The average Bonchev–Trinajstić information content (AvgIpc) is 2.35. The van der Waals surface area contributed by atoms with Crippen molar-refractivity contribution in [2.24, 2.45) is 22.4 Å². The summed E-state index contributed by atoms with van der Waals surface area (Å²) in [7, 11) is 0. The minimum atomic E-state index is 0.194. The summed E-state index contributed by atoms with van der Waals surface area (Å²) in [4.78, 5) is 6.42. The molecule has 4 N–H and O–H groups in total. The molecule has 1 fully saturated rings. The Labute approximate surface area is 80.0 Å². The van der Waals surface area contributed by atoms with E-state index in [1.165, 1.54) is 13.0 Å². The van der Waals surface area contributed by atoms with Crippen LogP contribution in [-0.4, -0.2) is 36.5 Å². The van der Waals surface area contributed by atoms with E-state index >= 15 is 0 Å². The molecule has 1 rings (SSSR count). The lowest BCUT2D eigenvalue weighted by Gasteiger charge is -2.21. The Kier molecular flexibility index (Phi) is 3.54. The molecule has 1 aliphatic heterocycles. The summed E-state index contributed by atoms with van der Waals surface area (Å²) in [5.74, 6) is 0.999. The summed E-state index contributed by atoms with van der Waals surface area (Å²) >= 11 is 0. The molecule has 1 saturated heterocycles. The summed E-state index contributed by atoms with van der Waals surface area (Å²) in [6.07, 6.45) is 1.29. The van der Waals surface area contributed by atoms with Gasteiger partial charge in [0.05, 0.1) is 6.54 Å². The highest BCUT2D eigenvalue weighted by Gasteiger charge is 2.26. The Hall–Kier alpha value is -0.770. The molecular weight excluding hydrogens is 164 g/mol. The summed E-state index contributed by atoms with van der Waals surface area (Å²) in [6.45, 7) is 7.45. The number of nitrogens with zero attached hydrogens (tertiary/aromatic N) is 2. The second kappa shape index (κ2) is 4.46. The maximum atomic E-state index is 5.25. The second-order valence-corrected chi connectivity index (χ2v) is 3.85. The Balaban J connectivity index is 2.26. The zero-order chi connectivity index (χ0) is 9.84. The van der Waals surface area contributed by atoms with Crippen molar-refractivity contribution >= 4 is 5.96 Å². The van der Waals surface area contributed by atoms with E-state index in [0.717, 1.165) is 19.0 Å². The number of hydrogen-bond acceptors (Lipinski definition) is 2. The van der Waals surface area contributed by atoms with Crippen LogP contribution in [0.3, 0.4) is 0 Å². The third-order valence-corrected chi connectivity index (χ3v) is 2.95. The molecule has 4 heteroatoms. The van der Waals surface area contributed by atoms with Gasteiger partial charge in [0.25, 0.3) is 0 Å². The van der Waals surface area contributed by atoms with Gasteiger partial charge in [-0.1, -0.05) is 6.92 Å². The molecule has 13 heavy (non-hydrogen) atoms. The van der Waals surface area contributed by atoms with Crippen LogP contribution in [0.1, 0.15) is 20.3 Å². The summed E-state index contributed by atoms with van der Waals surface area (Å²) in [5, 5.41) is 0. The van der Waals surface area contributed by atoms with Gasteiger partial charge in [0.1, 0.15) is 0 Å². The molecule has 0 radical (unpaired) electrons. The topological polar surface area (TPSA) is 67.6 Å². The first-order chi connectivity index (χ1) is 6.11. The number of likely N-dealkylation sites (tertiary alicyclic amines) is 1. The van der Waals surface area contributed by atoms with Crippen LogP contribution in [0.15, 0.2) is 4.99 Å². The van der Waals surface area contributed by atoms with Crippen LogP contribution in [0.2, 0.25) is 0 Å². The normalized spacial score (nSPS) is 29.1. The summed E-state index contributed by atoms with van der Waals surface area (Å²) < 4.78 is 0. The maximum Gasteiger partial charge on any atom is 0.185 e. The van der Waals surface area contributed by atoms with Gasteiger partial charge in [-0.2, -0.15) is 0 Å². The van der Waals surface area contributed by atoms with Crippen LogP contribution < -0.4 is 11.5 Å². The summed E-state index contributed by atoms with van der Waals surface area (Å²) in [5.41, 5.74) is 10.5. The predicted molar refractivity (Wildman–Crippen MR) is 55.5 cm³/mol. The molecule has 0 bridgehead atoms. The number of hydrogen-bond donors (Lipinski definition) is 2. The number of rotatable bonds is 3. The quantitative estimate of drug-likeness (QED) is 0.479. The van der Waals surface area contributed by atoms with Gasteiger partial charge in [-0.15, -0.1) is 0 Å². The molecule has 2 atom stereocenters. The van der Waals surface area contributed by atoms with Gasteiger partial charge in [0.15, 0.2) is 5.96 Å². The molecule has 1 heterocycles. The lowest BCUT2D eigenvalue weighted by molar-refractivity contribution is 0.254. The van der Waals surface area contributed by atoms with E-state index in [4.69, 9.17) is 11.5 Å².